The molecule has 0 radical (unpaired) electrons. The second-order valence-corrected chi connectivity index (χ2v) is 5.69. The van der Waals surface area contributed by atoms with Gasteiger partial charge in [-0.25, -0.2) is 9.37 Å². The molecule has 0 aliphatic carbocycles. The van der Waals surface area contributed by atoms with Gasteiger partial charge in [0, 0.05) is 43.2 Å². The van der Waals surface area contributed by atoms with Crippen LogP contribution < -0.4 is 0 Å². The second kappa shape index (κ2) is 6.13. The summed E-state index contributed by atoms with van der Waals surface area (Å²) in [5, 5.41) is 0.412. The molecule has 1 aliphatic rings. The monoisotopic (exact) mass is 309 g/mol. The van der Waals surface area contributed by atoms with Crippen molar-refractivity contribution in [2.75, 3.05) is 13.7 Å². The quantitative estimate of drug-likeness (QED) is 0.943. The zero-order valence-corrected chi connectivity index (χ0v) is 12.5. The number of imidazole rings is 1. The van der Waals surface area contributed by atoms with Gasteiger partial charge in [-0.3, -0.25) is 4.90 Å². The van der Waals surface area contributed by atoms with Crippen molar-refractivity contribution < 1.29 is 9.13 Å². The number of nitrogens with zero attached hydrogens (tertiary/aromatic N) is 2. The fourth-order valence-corrected chi connectivity index (χ4v) is 2.98. The molecule has 112 valence electrons. The molecule has 1 aromatic carbocycles. The van der Waals surface area contributed by atoms with E-state index in [4.69, 9.17) is 16.3 Å². The van der Waals surface area contributed by atoms with Crippen LogP contribution in [0.2, 0.25) is 5.02 Å². The summed E-state index contributed by atoms with van der Waals surface area (Å²) in [6.45, 7) is 1.26. The smallest absolute Gasteiger partial charge is 0.129 e. The van der Waals surface area contributed by atoms with E-state index >= 15 is 0 Å². The number of halogens is 2. The zero-order chi connectivity index (χ0) is 14.8. The second-order valence-electron chi connectivity index (χ2n) is 5.25. The molecule has 1 unspecified atom stereocenters. The maximum atomic E-state index is 14.0. The lowest BCUT2D eigenvalue weighted by molar-refractivity contribution is 0.107. The lowest BCUT2D eigenvalue weighted by Gasteiger charge is -2.22. The Kier molecular flexibility index (Phi) is 4.24. The zero-order valence-electron chi connectivity index (χ0n) is 11.7. The molecular weight excluding hydrogens is 293 g/mol. The molecule has 0 spiro atoms. The van der Waals surface area contributed by atoms with E-state index < -0.39 is 0 Å². The predicted octanol–water partition coefficient (Wildman–Crippen LogP) is 3.16. The molecule has 1 aliphatic heterocycles. The van der Waals surface area contributed by atoms with Crippen LogP contribution in [0.1, 0.15) is 23.9 Å². The van der Waals surface area contributed by atoms with Crippen LogP contribution in [0.3, 0.4) is 0 Å². The SMILES string of the molecule is CO[C@@H]1CC(c2ncc[nH]2)N(Cc2ccc(Cl)cc2F)C1. The van der Waals surface area contributed by atoms with E-state index in [1.165, 1.54) is 6.07 Å². The van der Waals surface area contributed by atoms with Gasteiger partial charge in [0.1, 0.15) is 11.6 Å². The van der Waals surface area contributed by atoms with Crippen molar-refractivity contribution >= 4 is 11.6 Å². The Morgan fingerprint density at radius 2 is 2.38 bits per heavy atom. The van der Waals surface area contributed by atoms with E-state index in [9.17, 15) is 4.39 Å². The molecule has 0 saturated carbocycles. The summed E-state index contributed by atoms with van der Waals surface area (Å²) in [5.74, 6) is 0.616. The van der Waals surface area contributed by atoms with E-state index in [0.29, 0.717) is 17.1 Å². The van der Waals surface area contributed by atoms with Crippen molar-refractivity contribution in [1.82, 2.24) is 14.9 Å². The highest BCUT2D eigenvalue weighted by Gasteiger charge is 2.34. The average Bonchev–Trinajstić information content (AvgIpc) is 3.10. The first-order chi connectivity index (χ1) is 10.2. The first kappa shape index (κ1) is 14.5. The van der Waals surface area contributed by atoms with Gasteiger partial charge >= 0.3 is 0 Å². The van der Waals surface area contributed by atoms with Crippen LogP contribution >= 0.6 is 11.6 Å². The van der Waals surface area contributed by atoms with Crippen LogP contribution in [0.25, 0.3) is 0 Å². The molecule has 2 heterocycles. The van der Waals surface area contributed by atoms with Gasteiger partial charge < -0.3 is 9.72 Å². The number of aromatic amines is 1. The van der Waals surface area contributed by atoms with Crippen molar-refractivity contribution in [1.29, 1.82) is 0 Å². The predicted molar refractivity (Wildman–Crippen MR) is 78.6 cm³/mol. The Morgan fingerprint density at radius 1 is 1.52 bits per heavy atom. The third kappa shape index (κ3) is 3.10. The number of methoxy groups -OCH3 is 1. The summed E-state index contributed by atoms with van der Waals surface area (Å²) in [4.78, 5) is 9.65. The Labute approximate surface area is 127 Å². The van der Waals surface area contributed by atoms with E-state index in [0.717, 1.165) is 18.8 Å². The minimum atomic E-state index is -0.276. The number of benzene rings is 1. The Balaban J connectivity index is 1.81. The number of H-pyrrole nitrogens is 1. The van der Waals surface area contributed by atoms with E-state index in [1.807, 2.05) is 0 Å². The van der Waals surface area contributed by atoms with Gasteiger partial charge in [-0.05, 0) is 18.6 Å². The van der Waals surface area contributed by atoms with Crippen molar-refractivity contribution in [2.24, 2.45) is 0 Å². The fourth-order valence-electron chi connectivity index (χ4n) is 2.82. The van der Waals surface area contributed by atoms with Gasteiger partial charge in [-0.2, -0.15) is 0 Å². The van der Waals surface area contributed by atoms with Crippen LogP contribution in [-0.4, -0.2) is 34.6 Å². The molecule has 0 bridgehead atoms. The summed E-state index contributed by atoms with van der Waals surface area (Å²) >= 11 is 5.80. The maximum Gasteiger partial charge on any atom is 0.129 e. The Hall–Kier alpha value is -1.43. The maximum absolute atomic E-state index is 14.0. The van der Waals surface area contributed by atoms with Gasteiger partial charge in [0.25, 0.3) is 0 Å². The summed E-state index contributed by atoms with van der Waals surface area (Å²) in [7, 11) is 1.70. The number of likely N-dealkylation sites (tertiary alicyclic amines) is 1. The number of aromatic nitrogens is 2. The molecule has 1 aromatic heterocycles. The van der Waals surface area contributed by atoms with Crippen LogP contribution in [0.15, 0.2) is 30.6 Å². The van der Waals surface area contributed by atoms with Gasteiger partial charge in [-0.15, -0.1) is 0 Å². The lowest BCUT2D eigenvalue weighted by atomic mass is 10.1. The molecule has 21 heavy (non-hydrogen) atoms. The minimum Gasteiger partial charge on any atom is -0.380 e. The number of nitrogens with one attached hydrogen (secondary N) is 1. The van der Waals surface area contributed by atoms with Crippen molar-refractivity contribution in [2.45, 2.75) is 25.1 Å². The highest BCUT2D eigenvalue weighted by molar-refractivity contribution is 6.30. The molecule has 2 aromatic rings. The average molecular weight is 310 g/mol. The van der Waals surface area contributed by atoms with Crippen molar-refractivity contribution in [3.05, 3.63) is 52.8 Å². The normalized spacial score (nSPS) is 22.8. The van der Waals surface area contributed by atoms with Crippen molar-refractivity contribution in [3.8, 4) is 0 Å². The molecule has 6 heteroatoms. The molecule has 4 nitrogen and oxygen atoms in total. The van der Waals surface area contributed by atoms with E-state index in [-0.39, 0.29) is 18.0 Å². The Morgan fingerprint density at radius 3 is 3.05 bits per heavy atom. The molecule has 0 amide bonds. The van der Waals surface area contributed by atoms with Gasteiger partial charge in [0.15, 0.2) is 0 Å². The van der Waals surface area contributed by atoms with Gasteiger partial charge in [-0.1, -0.05) is 17.7 Å². The standard InChI is InChI=1S/C15H17ClFN3O/c1-21-12-7-14(15-18-4-5-19-15)20(9-12)8-10-2-3-11(16)6-13(10)17/h2-6,12,14H,7-9H2,1H3,(H,18,19)/t12-,14?/m1/s1. The number of hydrogen-bond acceptors (Lipinski definition) is 3. The molecule has 3 rings (SSSR count). The third-order valence-corrected chi connectivity index (χ3v) is 4.16. The highest BCUT2D eigenvalue weighted by Crippen LogP contribution is 2.33. The van der Waals surface area contributed by atoms with Gasteiger partial charge in [0.2, 0.25) is 0 Å². The van der Waals surface area contributed by atoms with Crippen LogP contribution in [-0.2, 0) is 11.3 Å². The van der Waals surface area contributed by atoms with E-state index in [1.54, 1.807) is 31.6 Å². The van der Waals surface area contributed by atoms with Crippen LogP contribution in [0.4, 0.5) is 4.39 Å². The highest BCUT2D eigenvalue weighted by atomic mass is 35.5. The minimum absolute atomic E-state index is 0.111. The molecule has 2 atom stereocenters. The topological polar surface area (TPSA) is 41.1 Å². The number of hydrogen-bond donors (Lipinski definition) is 1. The van der Waals surface area contributed by atoms with E-state index in [2.05, 4.69) is 14.9 Å². The molecular formula is C15H17ClFN3O. The lowest BCUT2D eigenvalue weighted by Crippen LogP contribution is -2.25. The summed E-state index contributed by atoms with van der Waals surface area (Å²) in [5.41, 5.74) is 0.632. The first-order valence-electron chi connectivity index (χ1n) is 6.87. The fraction of sp³-hybridized carbons (Fsp3) is 0.400. The van der Waals surface area contributed by atoms with Crippen molar-refractivity contribution in [3.63, 3.8) is 0 Å². The van der Waals surface area contributed by atoms with Crippen LogP contribution in [0, 0.1) is 5.82 Å². The Bertz CT molecular complexity index is 605. The summed E-state index contributed by atoms with van der Waals surface area (Å²) in [6, 6.07) is 4.91. The van der Waals surface area contributed by atoms with Gasteiger partial charge in [0.05, 0.1) is 12.1 Å². The summed E-state index contributed by atoms with van der Waals surface area (Å²) < 4.78 is 19.4. The first-order valence-corrected chi connectivity index (χ1v) is 7.25. The molecule has 1 N–H and O–H groups in total. The molecule has 1 saturated heterocycles. The number of ether oxygens (including phenoxy) is 1. The number of rotatable bonds is 4. The summed E-state index contributed by atoms with van der Waals surface area (Å²) in [6.07, 6.45) is 4.52. The third-order valence-electron chi connectivity index (χ3n) is 3.92. The van der Waals surface area contributed by atoms with Crippen LogP contribution in [0.5, 0.6) is 0 Å². The largest absolute Gasteiger partial charge is 0.380 e. The molecule has 1 fully saturated rings.